The SMILES string of the molecule is CCN1CC=C(C2=CN3CC=C(c4ccc5nn(C)cc5c4)N=C3C=C2)CC1. The number of amidine groups is 1. The van der Waals surface area contributed by atoms with Crippen molar-refractivity contribution in [3.63, 3.8) is 0 Å². The summed E-state index contributed by atoms with van der Waals surface area (Å²) < 4.78 is 1.85. The molecule has 0 spiro atoms. The van der Waals surface area contributed by atoms with E-state index in [4.69, 9.17) is 4.99 Å². The lowest BCUT2D eigenvalue weighted by molar-refractivity contribution is 0.311. The first-order valence-corrected chi connectivity index (χ1v) is 10.0. The van der Waals surface area contributed by atoms with Gasteiger partial charge in [0, 0.05) is 50.0 Å². The first-order chi connectivity index (χ1) is 13.7. The fourth-order valence-electron chi connectivity index (χ4n) is 4.08. The van der Waals surface area contributed by atoms with Crippen molar-refractivity contribution in [2.24, 2.45) is 12.0 Å². The maximum Gasteiger partial charge on any atom is 0.133 e. The Kier molecular flexibility index (Phi) is 4.24. The number of allylic oxidation sites excluding steroid dienone is 2. The third kappa shape index (κ3) is 3.12. The lowest BCUT2D eigenvalue weighted by Gasteiger charge is -2.30. The van der Waals surface area contributed by atoms with Crippen molar-refractivity contribution >= 4 is 22.4 Å². The molecule has 5 nitrogen and oxygen atoms in total. The number of hydrogen-bond donors (Lipinski definition) is 0. The molecule has 3 aliphatic heterocycles. The van der Waals surface area contributed by atoms with Gasteiger partial charge in [0.2, 0.25) is 0 Å². The Labute approximate surface area is 165 Å². The monoisotopic (exact) mass is 371 g/mol. The minimum atomic E-state index is 0.849. The zero-order valence-corrected chi connectivity index (χ0v) is 16.5. The molecule has 4 heterocycles. The van der Waals surface area contributed by atoms with Crippen LogP contribution in [0.3, 0.4) is 0 Å². The van der Waals surface area contributed by atoms with Crippen molar-refractivity contribution in [3.8, 4) is 0 Å². The first kappa shape index (κ1) is 17.2. The summed E-state index contributed by atoms with van der Waals surface area (Å²) in [6.07, 6.45) is 14.4. The second-order valence-corrected chi connectivity index (χ2v) is 7.58. The van der Waals surface area contributed by atoms with E-state index in [1.165, 1.54) is 11.1 Å². The number of aromatic nitrogens is 2. The van der Waals surface area contributed by atoms with Crippen LogP contribution in [-0.2, 0) is 7.05 Å². The van der Waals surface area contributed by atoms with Gasteiger partial charge in [0.25, 0.3) is 0 Å². The molecule has 0 atom stereocenters. The summed E-state index contributed by atoms with van der Waals surface area (Å²) in [4.78, 5) is 9.63. The van der Waals surface area contributed by atoms with Crippen LogP contribution < -0.4 is 0 Å². The molecule has 5 rings (SSSR count). The van der Waals surface area contributed by atoms with E-state index in [2.05, 4.69) is 76.7 Å². The quantitative estimate of drug-likeness (QED) is 0.825. The maximum absolute atomic E-state index is 4.91. The number of fused-ring (bicyclic) bond motifs is 2. The lowest BCUT2D eigenvalue weighted by Crippen LogP contribution is -2.31. The highest BCUT2D eigenvalue weighted by Gasteiger charge is 2.20. The summed E-state index contributed by atoms with van der Waals surface area (Å²) in [5, 5.41) is 5.60. The average Bonchev–Trinajstić information content (AvgIpc) is 3.12. The van der Waals surface area contributed by atoms with E-state index >= 15 is 0 Å². The Hall–Kier alpha value is -2.92. The van der Waals surface area contributed by atoms with E-state index in [1.54, 1.807) is 0 Å². The van der Waals surface area contributed by atoms with Crippen molar-refractivity contribution in [3.05, 3.63) is 71.6 Å². The molecule has 1 aromatic carbocycles. The highest BCUT2D eigenvalue weighted by atomic mass is 15.2. The summed E-state index contributed by atoms with van der Waals surface area (Å²) in [7, 11) is 1.95. The molecular formula is C23H25N5. The molecule has 0 amide bonds. The van der Waals surface area contributed by atoms with Crippen LogP contribution in [0, 0.1) is 0 Å². The fourth-order valence-corrected chi connectivity index (χ4v) is 4.08. The molecule has 0 fully saturated rings. The molecule has 142 valence electrons. The summed E-state index contributed by atoms with van der Waals surface area (Å²) >= 11 is 0. The van der Waals surface area contributed by atoms with Crippen molar-refractivity contribution in [2.45, 2.75) is 13.3 Å². The minimum absolute atomic E-state index is 0.849. The molecule has 0 radical (unpaired) electrons. The molecule has 1 aromatic heterocycles. The summed E-state index contributed by atoms with van der Waals surface area (Å²) in [6.45, 7) is 6.40. The van der Waals surface area contributed by atoms with Gasteiger partial charge in [-0.3, -0.25) is 9.58 Å². The van der Waals surface area contributed by atoms with Crippen molar-refractivity contribution in [1.82, 2.24) is 19.6 Å². The second-order valence-electron chi connectivity index (χ2n) is 7.58. The molecule has 0 N–H and O–H groups in total. The third-order valence-corrected chi connectivity index (χ3v) is 5.74. The van der Waals surface area contributed by atoms with Crippen LogP contribution in [-0.4, -0.2) is 51.6 Å². The van der Waals surface area contributed by atoms with Crippen LogP contribution in [0.5, 0.6) is 0 Å². The fraction of sp³-hybridized carbons (Fsp3) is 0.304. The number of aryl methyl sites for hydroxylation is 1. The van der Waals surface area contributed by atoms with Gasteiger partial charge in [0.1, 0.15) is 5.84 Å². The predicted octanol–water partition coefficient (Wildman–Crippen LogP) is 3.73. The van der Waals surface area contributed by atoms with E-state index < -0.39 is 0 Å². The second kappa shape index (κ2) is 6.91. The minimum Gasteiger partial charge on any atom is -0.328 e. The zero-order valence-electron chi connectivity index (χ0n) is 16.5. The van der Waals surface area contributed by atoms with Gasteiger partial charge < -0.3 is 4.90 Å². The van der Waals surface area contributed by atoms with Crippen LogP contribution in [0.2, 0.25) is 0 Å². The van der Waals surface area contributed by atoms with Gasteiger partial charge in [-0.05, 0) is 54.5 Å². The van der Waals surface area contributed by atoms with E-state index in [1.807, 2.05) is 11.7 Å². The Morgan fingerprint density at radius 1 is 1.11 bits per heavy atom. The Bertz CT molecular complexity index is 1080. The van der Waals surface area contributed by atoms with E-state index in [0.29, 0.717) is 0 Å². The van der Waals surface area contributed by atoms with Crippen LogP contribution in [0.1, 0.15) is 18.9 Å². The number of benzene rings is 1. The molecule has 0 saturated carbocycles. The topological polar surface area (TPSA) is 36.7 Å². The van der Waals surface area contributed by atoms with Crippen LogP contribution in [0.4, 0.5) is 0 Å². The Morgan fingerprint density at radius 3 is 2.86 bits per heavy atom. The summed E-state index contributed by atoms with van der Waals surface area (Å²) in [5.41, 5.74) is 5.98. The third-order valence-electron chi connectivity index (χ3n) is 5.74. The van der Waals surface area contributed by atoms with Crippen LogP contribution in [0.25, 0.3) is 16.6 Å². The van der Waals surface area contributed by atoms with Crippen molar-refractivity contribution in [2.75, 3.05) is 26.2 Å². The molecule has 28 heavy (non-hydrogen) atoms. The van der Waals surface area contributed by atoms with E-state index in [-0.39, 0.29) is 0 Å². The standard InChI is InChI=1S/C23H25N5/c1-3-27-11-8-17(9-12-27)19-5-7-23-24-21(10-13-28(23)16-19)18-4-6-22-20(14-18)15-26(2)25-22/h4-8,10,14-16H,3,9,11-13H2,1-2H3. The lowest BCUT2D eigenvalue weighted by atomic mass is 9.97. The van der Waals surface area contributed by atoms with Crippen molar-refractivity contribution < 1.29 is 0 Å². The number of nitrogens with zero attached hydrogens (tertiary/aromatic N) is 5. The largest absolute Gasteiger partial charge is 0.328 e. The Balaban J connectivity index is 1.37. The van der Waals surface area contributed by atoms with Gasteiger partial charge in [-0.2, -0.15) is 5.10 Å². The molecule has 3 aliphatic rings. The van der Waals surface area contributed by atoms with Crippen LogP contribution >= 0.6 is 0 Å². The van der Waals surface area contributed by atoms with Crippen LogP contribution in [0.15, 0.2) is 71.0 Å². The first-order valence-electron chi connectivity index (χ1n) is 10.0. The molecule has 2 aromatic rings. The van der Waals surface area contributed by atoms with Gasteiger partial charge in [-0.1, -0.05) is 19.1 Å². The smallest absolute Gasteiger partial charge is 0.133 e. The van der Waals surface area contributed by atoms with E-state index in [0.717, 1.165) is 60.6 Å². The molecule has 5 heteroatoms. The number of hydrogen-bond acceptors (Lipinski definition) is 4. The highest BCUT2D eigenvalue weighted by Crippen LogP contribution is 2.28. The van der Waals surface area contributed by atoms with E-state index in [9.17, 15) is 0 Å². The highest BCUT2D eigenvalue weighted by molar-refractivity contribution is 6.00. The Morgan fingerprint density at radius 2 is 2.04 bits per heavy atom. The van der Waals surface area contributed by atoms with Gasteiger partial charge in [-0.25, -0.2) is 4.99 Å². The number of aliphatic imine (C=N–C) groups is 1. The molecule has 0 bridgehead atoms. The van der Waals surface area contributed by atoms with Gasteiger partial charge >= 0.3 is 0 Å². The number of rotatable bonds is 3. The van der Waals surface area contributed by atoms with Crippen molar-refractivity contribution in [1.29, 1.82) is 0 Å². The summed E-state index contributed by atoms with van der Waals surface area (Å²) in [5.74, 6) is 1.01. The molecule has 0 unspecified atom stereocenters. The summed E-state index contributed by atoms with van der Waals surface area (Å²) in [6, 6.07) is 6.36. The molecule has 0 saturated heterocycles. The normalized spacial score (nSPS) is 19.9. The molecule has 0 aliphatic carbocycles. The van der Waals surface area contributed by atoms with Gasteiger partial charge in [0.15, 0.2) is 0 Å². The average molecular weight is 371 g/mol. The molecular weight excluding hydrogens is 346 g/mol. The van der Waals surface area contributed by atoms with Gasteiger partial charge in [-0.15, -0.1) is 0 Å². The number of likely N-dealkylation sites (N-methyl/N-ethyl adjacent to an activating group) is 1. The maximum atomic E-state index is 4.91. The van der Waals surface area contributed by atoms with Gasteiger partial charge in [0.05, 0.1) is 11.2 Å². The predicted molar refractivity (Wildman–Crippen MR) is 115 cm³/mol. The zero-order chi connectivity index (χ0) is 19.1.